The SMILES string of the molecule is C1=C(c2ccc3c(c2)-c2cccc4cccc-3c24)CCc2c1oc1nccc(-c3nc(-c4ccccc4)nc(-c4ccccc4)n3)c21. The molecule has 5 aromatic carbocycles. The number of hydrogen-bond donors (Lipinski definition) is 0. The lowest BCUT2D eigenvalue weighted by atomic mass is 9.89. The van der Waals surface area contributed by atoms with Gasteiger partial charge in [-0.1, -0.05) is 109 Å². The molecule has 0 aliphatic heterocycles. The summed E-state index contributed by atoms with van der Waals surface area (Å²) in [5.74, 6) is 2.73. The number of allylic oxidation sites excluding steroid dienone is 1. The molecule has 0 amide bonds. The topological polar surface area (TPSA) is 64.7 Å². The summed E-state index contributed by atoms with van der Waals surface area (Å²) < 4.78 is 6.47. The summed E-state index contributed by atoms with van der Waals surface area (Å²) in [4.78, 5) is 19.5. The third-order valence-electron chi connectivity index (χ3n) is 9.49. The van der Waals surface area contributed by atoms with Crippen molar-refractivity contribution in [3.05, 3.63) is 144 Å². The van der Waals surface area contributed by atoms with E-state index in [1.165, 1.54) is 44.2 Å². The van der Waals surface area contributed by atoms with Crippen molar-refractivity contribution in [2.24, 2.45) is 0 Å². The largest absolute Gasteiger partial charge is 0.438 e. The van der Waals surface area contributed by atoms with E-state index in [1.807, 2.05) is 66.7 Å². The third-order valence-corrected chi connectivity index (χ3v) is 9.49. The highest BCUT2D eigenvalue weighted by Gasteiger charge is 2.26. The number of nitrogens with zero attached hydrogens (tertiary/aromatic N) is 4. The number of pyridine rings is 1. The Labute approximate surface area is 271 Å². The maximum absolute atomic E-state index is 6.47. The molecule has 0 atom stereocenters. The molecule has 0 N–H and O–H groups in total. The van der Waals surface area contributed by atoms with Crippen molar-refractivity contribution in [1.29, 1.82) is 0 Å². The normalized spacial score (nSPS) is 13.1. The Kier molecular flexibility index (Phi) is 5.63. The molecule has 0 saturated heterocycles. The second-order valence-electron chi connectivity index (χ2n) is 12.2. The summed E-state index contributed by atoms with van der Waals surface area (Å²) in [5, 5.41) is 3.61. The average molecular weight is 603 g/mol. The van der Waals surface area contributed by atoms with E-state index in [1.54, 1.807) is 6.20 Å². The van der Waals surface area contributed by atoms with Gasteiger partial charge in [0.1, 0.15) is 5.76 Å². The van der Waals surface area contributed by atoms with Crippen molar-refractivity contribution in [2.45, 2.75) is 12.8 Å². The molecular formula is C42H26N4O. The van der Waals surface area contributed by atoms with E-state index in [2.05, 4.69) is 65.7 Å². The highest BCUT2D eigenvalue weighted by atomic mass is 16.3. The number of aryl methyl sites for hydroxylation is 1. The number of hydrogen-bond acceptors (Lipinski definition) is 5. The van der Waals surface area contributed by atoms with Crippen molar-refractivity contribution in [1.82, 2.24) is 19.9 Å². The lowest BCUT2D eigenvalue weighted by molar-refractivity contribution is 0.585. The predicted octanol–water partition coefficient (Wildman–Crippen LogP) is 10.3. The average Bonchev–Trinajstić information content (AvgIpc) is 3.68. The van der Waals surface area contributed by atoms with Gasteiger partial charge in [0.2, 0.25) is 5.71 Å². The van der Waals surface area contributed by atoms with Crippen LogP contribution in [0.15, 0.2) is 132 Å². The molecule has 3 heterocycles. The molecule has 8 aromatic rings. The van der Waals surface area contributed by atoms with Crippen LogP contribution in [0.25, 0.3) is 89.9 Å². The second-order valence-corrected chi connectivity index (χ2v) is 12.2. The van der Waals surface area contributed by atoms with Gasteiger partial charge >= 0.3 is 0 Å². The van der Waals surface area contributed by atoms with Crippen molar-refractivity contribution in [2.75, 3.05) is 0 Å². The zero-order valence-corrected chi connectivity index (χ0v) is 25.3. The molecule has 0 radical (unpaired) electrons. The van der Waals surface area contributed by atoms with Crippen LogP contribution in [0, 0.1) is 0 Å². The smallest absolute Gasteiger partial charge is 0.227 e. The first-order valence-corrected chi connectivity index (χ1v) is 15.9. The van der Waals surface area contributed by atoms with Gasteiger partial charge in [0.25, 0.3) is 0 Å². The quantitative estimate of drug-likeness (QED) is 0.201. The first kappa shape index (κ1) is 26.1. The summed E-state index contributed by atoms with van der Waals surface area (Å²) in [5.41, 5.74) is 12.3. The Hall–Kier alpha value is -6.20. The number of benzene rings is 5. The number of aromatic nitrogens is 4. The lowest BCUT2D eigenvalue weighted by Gasteiger charge is -2.15. The van der Waals surface area contributed by atoms with Crippen LogP contribution in [0.1, 0.15) is 23.3 Å². The summed E-state index contributed by atoms with van der Waals surface area (Å²) in [6, 6.07) is 42.2. The standard InChI is InChI=1S/C42H26N4O/c1-3-9-26(10-4-1)39-44-40(27-11-5-2-6-12-27)46-41(45-39)34-21-22-43-42-38(34)33-20-18-29(24-36(33)47-42)28-17-19-30-31-15-7-13-25-14-8-16-32(37(25)31)35(30)23-28/h1-17,19,21-24H,18,20H2. The molecule has 10 rings (SSSR count). The maximum atomic E-state index is 6.47. The predicted molar refractivity (Wildman–Crippen MR) is 188 cm³/mol. The minimum Gasteiger partial charge on any atom is -0.438 e. The Morgan fingerprint density at radius 2 is 1.17 bits per heavy atom. The Balaban J connectivity index is 1.10. The van der Waals surface area contributed by atoms with E-state index < -0.39 is 0 Å². The summed E-state index contributed by atoms with van der Waals surface area (Å²) in [6.07, 6.45) is 5.71. The lowest BCUT2D eigenvalue weighted by Crippen LogP contribution is -2.01. The van der Waals surface area contributed by atoms with Gasteiger partial charge in [-0.25, -0.2) is 19.9 Å². The van der Waals surface area contributed by atoms with Crippen molar-refractivity contribution in [3.8, 4) is 56.4 Å². The molecule has 0 spiro atoms. The molecule has 0 saturated carbocycles. The molecule has 0 fully saturated rings. The number of rotatable bonds is 4. The van der Waals surface area contributed by atoms with Gasteiger partial charge in [-0.3, -0.25) is 0 Å². The van der Waals surface area contributed by atoms with E-state index in [0.29, 0.717) is 23.2 Å². The Morgan fingerprint density at radius 1 is 0.489 bits per heavy atom. The van der Waals surface area contributed by atoms with Crippen LogP contribution in [0.3, 0.4) is 0 Å². The van der Waals surface area contributed by atoms with Crippen LogP contribution in [0.4, 0.5) is 0 Å². The highest BCUT2D eigenvalue weighted by molar-refractivity contribution is 6.15. The van der Waals surface area contributed by atoms with Crippen LogP contribution in [0.2, 0.25) is 0 Å². The van der Waals surface area contributed by atoms with Crippen LogP contribution in [0.5, 0.6) is 0 Å². The number of fused-ring (bicyclic) bond motifs is 6. The van der Waals surface area contributed by atoms with Crippen LogP contribution >= 0.6 is 0 Å². The van der Waals surface area contributed by atoms with Gasteiger partial charge in [0.05, 0.1) is 5.39 Å². The van der Waals surface area contributed by atoms with E-state index in [0.717, 1.165) is 46.2 Å². The van der Waals surface area contributed by atoms with Crippen molar-refractivity contribution < 1.29 is 4.42 Å². The third kappa shape index (κ3) is 4.10. The highest BCUT2D eigenvalue weighted by Crippen LogP contribution is 2.48. The molecule has 47 heavy (non-hydrogen) atoms. The Bertz CT molecular complexity index is 2500. The fourth-order valence-corrected chi connectivity index (χ4v) is 7.29. The van der Waals surface area contributed by atoms with E-state index in [9.17, 15) is 0 Å². The van der Waals surface area contributed by atoms with Gasteiger partial charge in [0.15, 0.2) is 17.5 Å². The zero-order chi connectivity index (χ0) is 30.9. The van der Waals surface area contributed by atoms with Crippen LogP contribution in [-0.2, 0) is 6.42 Å². The minimum absolute atomic E-state index is 0.601. The fourth-order valence-electron chi connectivity index (χ4n) is 7.29. The van der Waals surface area contributed by atoms with Gasteiger partial charge in [-0.15, -0.1) is 0 Å². The van der Waals surface area contributed by atoms with Gasteiger partial charge in [-0.05, 0) is 75.2 Å². The van der Waals surface area contributed by atoms with E-state index in [4.69, 9.17) is 19.4 Å². The summed E-state index contributed by atoms with van der Waals surface area (Å²) in [7, 11) is 0. The molecule has 220 valence electrons. The molecule has 0 unspecified atom stereocenters. The van der Waals surface area contributed by atoms with Crippen LogP contribution < -0.4 is 0 Å². The Morgan fingerprint density at radius 3 is 1.89 bits per heavy atom. The first-order valence-electron chi connectivity index (χ1n) is 15.9. The molecule has 5 nitrogen and oxygen atoms in total. The molecule has 5 heteroatoms. The monoisotopic (exact) mass is 602 g/mol. The molecule has 2 aliphatic rings. The van der Waals surface area contributed by atoms with E-state index in [-0.39, 0.29) is 0 Å². The summed E-state index contributed by atoms with van der Waals surface area (Å²) >= 11 is 0. The van der Waals surface area contributed by atoms with Crippen molar-refractivity contribution in [3.63, 3.8) is 0 Å². The van der Waals surface area contributed by atoms with Gasteiger partial charge in [0, 0.05) is 28.5 Å². The maximum Gasteiger partial charge on any atom is 0.227 e. The molecule has 0 bridgehead atoms. The van der Waals surface area contributed by atoms with Gasteiger partial charge < -0.3 is 4.42 Å². The van der Waals surface area contributed by atoms with Crippen LogP contribution in [-0.4, -0.2) is 19.9 Å². The molecule has 3 aromatic heterocycles. The van der Waals surface area contributed by atoms with E-state index >= 15 is 0 Å². The first-order chi connectivity index (χ1) is 23.3. The molecular weight excluding hydrogens is 576 g/mol. The fraction of sp³-hybridized carbons (Fsp3) is 0.0476. The number of furan rings is 1. The van der Waals surface area contributed by atoms with Crippen molar-refractivity contribution >= 4 is 33.5 Å². The minimum atomic E-state index is 0.601. The second kappa shape index (κ2) is 10.2. The zero-order valence-electron chi connectivity index (χ0n) is 25.3. The van der Waals surface area contributed by atoms with Gasteiger partial charge in [-0.2, -0.15) is 0 Å². The molecule has 2 aliphatic carbocycles. The summed E-state index contributed by atoms with van der Waals surface area (Å²) in [6.45, 7) is 0.